The van der Waals surface area contributed by atoms with Crippen LogP contribution in [0.2, 0.25) is 5.02 Å². The third kappa shape index (κ3) is 2.72. The highest BCUT2D eigenvalue weighted by Crippen LogP contribution is 2.16. The molecule has 0 aromatic heterocycles. The normalized spacial score (nSPS) is 12.5. The Morgan fingerprint density at radius 3 is 2.86 bits per heavy atom. The molecule has 76 valence electrons. The summed E-state index contributed by atoms with van der Waals surface area (Å²) in [5.41, 5.74) is 7.31. The lowest BCUT2D eigenvalue weighted by molar-refractivity contribution is -0.138. The summed E-state index contributed by atoms with van der Waals surface area (Å²) in [6, 6.07) is 4.51. The van der Waals surface area contributed by atoms with Gasteiger partial charge < -0.3 is 10.8 Å². The van der Waals surface area contributed by atoms with E-state index in [4.69, 9.17) is 22.4 Å². The second kappa shape index (κ2) is 4.44. The molecular weight excluding hydrogens is 202 g/mol. The van der Waals surface area contributed by atoms with Crippen molar-refractivity contribution in [2.45, 2.75) is 19.4 Å². The third-order valence-electron chi connectivity index (χ3n) is 2.07. The molecule has 0 heterocycles. The van der Waals surface area contributed by atoms with E-state index in [1.807, 2.05) is 13.0 Å². The minimum absolute atomic E-state index is 0.307. The average molecular weight is 214 g/mol. The molecule has 0 saturated carbocycles. The molecule has 0 amide bonds. The van der Waals surface area contributed by atoms with Crippen LogP contribution in [0.4, 0.5) is 0 Å². The molecule has 1 aromatic rings. The van der Waals surface area contributed by atoms with Gasteiger partial charge in [-0.25, -0.2) is 0 Å². The van der Waals surface area contributed by atoms with Gasteiger partial charge in [-0.05, 0) is 36.6 Å². The van der Waals surface area contributed by atoms with E-state index in [2.05, 4.69) is 0 Å². The van der Waals surface area contributed by atoms with Gasteiger partial charge in [0.2, 0.25) is 0 Å². The molecule has 4 heteroatoms. The van der Waals surface area contributed by atoms with Crippen LogP contribution < -0.4 is 5.73 Å². The maximum absolute atomic E-state index is 10.5. The fourth-order valence-electron chi connectivity index (χ4n) is 1.18. The topological polar surface area (TPSA) is 63.3 Å². The quantitative estimate of drug-likeness (QED) is 0.802. The van der Waals surface area contributed by atoms with Crippen molar-refractivity contribution in [3.8, 4) is 0 Å². The Kier molecular flexibility index (Phi) is 3.49. The minimum atomic E-state index is -0.996. The first-order valence-corrected chi connectivity index (χ1v) is 4.62. The molecule has 0 radical (unpaired) electrons. The number of aliphatic carboxylic acids is 1. The molecule has 1 atom stereocenters. The zero-order chi connectivity index (χ0) is 10.7. The Bertz CT molecular complexity index is 352. The molecule has 0 fully saturated rings. The van der Waals surface area contributed by atoms with Gasteiger partial charge in [0, 0.05) is 5.02 Å². The summed E-state index contributed by atoms with van der Waals surface area (Å²) >= 11 is 5.79. The molecule has 0 aliphatic heterocycles. The zero-order valence-electron chi connectivity index (χ0n) is 7.83. The Hall–Kier alpha value is -1.06. The molecule has 0 bridgehead atoms. The Morgan fingerprint density at radius 2 is 2.29 bits per heavy atom. The van der Waals surface area contributed by atoms with E-state index in [0.717, 1.165) is 11.1 Å². The van der Waals surface area contributed by atoms with Crippen LogP contribution in [0.5, 0.6) is 0 Å². The van der Waals surface area contributed by atoms with Crippen LogP contribution >= 0.6 is 11.6 Å². The number of hydrogen-bond acceptors (Lipinski definition) is 2. The number of nitrogens with two attached hydrogens (primary N) is 1. The maximum Gasteiger partial charge on any atom is 0.320 e. The van der Waals surface area contributed by atoms with E-state index < -0.39 is 12.0 Å². The van der Waals surface area contributed by atoms with Gasteiger partial charge in [0.1, 0.15) is 6.04 Å². The summed E-state index contributed by atoms with van der Waals surface area (Å²) in [5, 5.41) is 9.25. The van der Waals surface area contributed by atoms with Crippen LogP contribution in [0, 0.1) is 6.92 Å². The molecule has 1 rings (SSSR count). The van der Waals surface area contributed by atoms with Crippen LogP contribution in [-0.2, 0) is 11.2 Å². The lowest BCUT2D eigenvalue weighted by atomic mass is 10.0. The van der Waals surface area contributed by atoms with Crippen LogP contribution in [0.15, 0.2) is 18.2 Å². The number of benzene rings is 1. The van der Waals surface area contributed by atoms with E-state index in [1.165, 1.54) is 0 Å². The number of rotatable bonds is 3. The molecule has 0 unspecified atom stereocenters. The standard InChI is InChI=1S/C10H12ClNO2/c1-6-2-3-8(11)4-7(6)5-9(12)10(13)14/h2-4,9H,5,12H2,1H3,(H,13,14)/t9-/m1/s1. The van der Waals surface area contributed by atoms with E-state index in [9.17, 15) is 4.79 Å². The summed E-state index contributed by atoms with van der Waals surface area (Å²) < 4.78 is 0. The molecular formula is C10H12ClNO2. The fourth-order valence-corrected chi connectivity index (χ4v) is 1.38. The average Bonchev–Trinajstić information content (AvgIpc) is 2.11. The summed E-state index contributed by atoms with van der Waals surface area (Å²) in [5.74, 6) is -0.996. The lowest BCUT2D eigenvalue weighted by Crippen LogP contribution is -2.32. The number of hydrogen-bond donors (Lipinski definition) is 2. The van der Waals surface area contributed by atoms with Gasteiger partial charge in [-0.2, -0.15) is 0 Å². The van der Waals surface area contributed by atoms with E-state index in [-0.39, 0.29) is 0 Å². The zero-order valence-corrected chi connectivity index (χ0v) is 8.58. The minimum Gasteiger partial charge on any atom is -0.480 e. The van der Waals surface area contributed by atoms with Gasteiger partial charge in [-0.3, -0.25) is 4.79 Å². The van der Waals surface area contributed by atoms with E-state index in [1.54, 1.807) is 12.1 Å². The summed E-state index contributed by atoms with van der Waals surface area (Å²) in [6.45, 7) is 1.90. The summed E-state index contributed by atoms with van der Waals surface area (Å²) in [6.07, 6.45) is 0.307. The van der Waals surface area contributed by atoms with Gasteiger partial charge in [0.15, 0.2) is 0 Å². The summed E-state index contributed by atoms with van der Waals surface area (Å²) in [7, 11) is 0. The fraction of sp³-hybridized carbons (Fsp3) is 0.300. The molecule has 0 saturated heterocycles. The van der Waals surface area contributed by atoms with Gasteiger partial charge >= 0.3 is 5.97 Å². The molecule has 14 heavy (non-hydrogen) atoms. The molecule has 3 N–H and O–H groups in total. The Morgan fingerprint density at radius 1 is 1.64 bits per heavy atom. The predicted octanol–water partition coefficient (Wildman–Crippen LogP) is 1.60. The summed E-state index contributed by atoms with van der Waals surface area (Å²) in [4.78, 5) is 10.5. The first kappa shape index (κ1) is 11.0. The lowest BCUT2D eigenvalue weighted by Gasteiger charge is -2.09. The molecule has 0 spiro atoms. The first-order chi connectivity index (χ1) is 6.50. The number of carboxylic acid groups (broad SMARTS) is 1. The van der Waals surface area contributed by atoms with Crippen molar-refractivity contribution in [3.63, 3.8) is 0 Å². The Labute approximate surface area is 87.5 Å². The monoisotopic (exact) mass is 213 g/mol. The molecule has 0 aliphatic carbocycles. The van der Waals surface area contributed by atoms with Gasteiger partial charge in [-0.1, -0.05) is 17.7 Å². The highest BCUT2D eigenvalue weighted by molar-refractivity contribution is 6.30. The second-order valence-corrected chi connectivity index (χ2v) is 3.66. The molecule has 3 nitrogen and oxygen atoms in total. The van der Waals surface area contributed by atoms with Crippen LogP contribution in [-0.4, -0.2) is 17.1 Å². The molecule has 0 aliphatic rings. The van der Waals surface area contributed by atoms with Crippen LogP contribution in [0.1, 0.15) is 11.1 Å². The largest absolute Gasteiger partial charge is 0.480 e. The van der Waals surface area contributed by atoms with Crippen molar-refractivity contribution in [2.24, 2.45) is 5.73 Å². The SMILES string of the molecule is Cc1ccc(Cl)cc1C[C@@H](N)C(=O)O. The van der Waals surface area contributed by atoms with Gasteiger partial charge in [-0.15, -0.1) is 0 Å². The number of carboxylic acids is 1. The van der Waals surface area contributed by atoms with Crippen molar-refractivity contribution in [1.29, 1.82) is 0 Å². The molecule has 1 aromatic carbocycles. The van der Waals surface area contributed by atoms with Gasteiger partial charge in [0.25, 0.3) is 0 Å². The third-order valence-corrected chi connectivity index (χ3v) is 2.30. The van der Waals surface area contributed by atoms with Crippen molar-refractivity contribution < 1.29 is 9.90 Å². The van der Waals surface area contributed by atoms with Crippen molar-refractivity contribution in [1.82, 2.24) is 0 Å². The van der Waals surface area contributed by atoms with Crippen molar-refractivity contribution in [3.05, 3.63) is 34.3 Å². The van der Waals surface area contributed by atoms with E-state index >= 15 is 0 Å². The highest BCUT2D eigenvalue weighted by atomic mass is 35.5. The van der Waals surface area contributed by atoms with Crippen LogP contribution in [0.3, 0.4) is 0 Å². The van der Waals surface area contributed by atoms with Gasteiger partial charge in [0.05, 0.1) is 0 Å². The van der Waals surface area contributed by atoms with Crippen molar-refractivity contribution >= 4 is 17.6 Å². The van der Waals surface area contributed by atoms with Crippen LogP contribution in [0.25, 0.3) is 0 Å². The number of halogens is 1. The smallest absolute Gasteiger partial charge is 0.320 e. The number of aryl methyl sites for hydroxylation is 1. The highest BCUT2D eigenvalue weighted by Gasteiger charge is 2.13. The van der Waals surface area contributed by atoms with Crippen molar-refractivity contribution in [2.75, 3.05) is 0 Å². The first-order valence-electron chi connectivity index (χ1n) is 4.24. The van der Waals surface area contributed by atoms with E-state index in [0.29, 0.717) is 11.4 Å². The number of carbonyl (C=O) groups is 1. The maximum atomic E-state index is 10.5. The predicted molar refractivity (Wildman–Crippen MR) is 55.5 cm³/mol. The Balaban J connectivity index is 2.85. The second-order valence-electron chi connectivity index (χ2n) is 3.22.